The molecule has 0 aliphatic rings. The predicted molar refractivity (Wildman–Crippen MR) is 93.2 cm³/mol. The van der Waals surface area contributed by atoms with Crippen LogP contribution in [-0.2, 0) is 0 Å². The predicted octanol–water partition coefficient (Wildman–Crippen LogP) is 3.84. The van der Waals surface area contributed by atoms with Crippen molar-refractivity contribution in [3.8, 4) is 17.2 Å². The van der Waals surface area contributed by atoms with Crippen LogP contribution < -0.4 is 19.5 Å². The van der Waals surface area contributed by atoms with Crippen molar-refractivity contribution in [2.24, 2.45) is 0 Å². The Morgan fingerprint density at radius 1 is 1.12 bits per heavy atom. The summed E-state index contributed by atoms with van der Waals surface area (Å²) in [7, 11) is 3.15. The first-order valence-electron chi connectivity index (χ1n) is 7.82. The lowest BCUT2D eigenvalue weighted by atomic mass is 10.3. The molecule has 140 valence electrons. The van der Waals surface area contributed by atoms with Gasteiger partial charge >= 0.3 is 12.6 Å². The van der Waals surface area contributed by atoms with Gasteiger partial charge in [-0.2, -0.15) is 8.78 Å². The summed E-state index contributed by atoms with van der Waals surface area (Å²) in [6.07, 6.45) is 0. The van der Waals surface area contributed by atoms with Crippen LogP contribution in [0.3, 0.4) is 0 Å². The van der Waals surface area contributed by atoms with Crippen LogP contribution in [-0.4, -0.2) is 44.9 Å². The number of amides is 2. The molecular weight excluding hydrogens is 346 g/mol. The normalized spacial score (nSPS) is 10.3. The third-order valence-electron chi connectivity index (χ3n) is 3.45. The van der Waals surface area contributed by atoms with E-state index in [4.69, 9.17) is 9.47 Å². The Morgan fingerprint density at radius 3 is 2.42 bits per heavy atom. The number of likely N-dealkylation sites (N-methyl/N-ethyl adjacent to an activating group) is 1. The molecule has 2 aromatic rings. The summed E-state index contributed by atoms with van der Waals surface area (Å²) in [6, 6.07) is 12.6. The first-order chi connectivity index (χ1) is 12.5. The van der Waals surface area contributed by atoms with Crippen molar-refractivity contribution in [3.63, 3.8) is 0 Å². The summed E-state index contributed by atoms with van der Waals surface area (Å²) in [5.41, 5.74) is 0.167. The second-order valence-electron chi connectivity index (χ2n) is 5.25. The van der Waals surface area contributed by atoms with Gasteiger partial charge < -0.3 is 24.4 Å². The van der Waals surface area contributed by atoms with Gasteiger partial charge in [0, 0.05) is 7.05 Å². The van der Waals surface area contributed by atoms with Crippen molar-refractivity contribution in [2.75, 3.05) is 32.6 Å². The molecule has 1 N–H and O–H groups in total. The maximum atomic E-state index is 12.4. The van der Waals surface area contributed by atoms with E-state index < -0.39 is 12.6 Å². The number of rotatable bonds is 8. The number of hydrogen-bond donors (Lipinski definition) is 1. The van der Waals surface area contributed by atoms with Gasteiger partial charge in [0.05, 0.1) is 19.3 Å². The van der Waals surface area contributed by atoms with Gasteiger partial charge in [0.15, 0.2) is 0 Å². The molecule has 0 unspecified atom stereocenters. The Kier molecular flexibility index (Phi) is 7.02. The van der Waals surface area contributed by atoms with E-state index in [0.29, 0.717) is 12.3 Å². The molecule has 0 heterocycles. The maximum Gasteiger partial charge on any atom is 0.387 e. The highest BCUT2D eigenvalue weighted by Gasteiger charge is 2.14. The van der Waals surface area contributed by atoms with E-state index in [1.54, 1.807) is 50.6 Å². The molecule has 0 radical (unpaired) electrons. The Hall–Kier alpha value is -3.03. The van der Waals surface area contributed by atoms with Crippen molar-refractivity contribution in [2.45, 2.75) is 6.61 Å². The number of nitrogens with one attached hydrogen (secondary N) is 1. The van der Waals surface area contributed by atoms with Crippen LogP contribution >= 0.6 is 0 Å². The van der Waals surface area contributed by atoms with Crippen LogP contribution in [0.25, 0.3) is 0 Å². The standard InChI is InChI=1S/C18H20F2N2O4/c1-22(11-12-25-14-9-7-13(24-2)8-10-14)18(23)21-15-5-3-4-6-16(15)26-17(19)20/h3-10,17H,11-12H2,1-2H3,(H,21,23). The number of halogens is 2. The third kappa shape index (κ3) is 5.80. The summed E-state index contributed by atoms with van der Waals surface area (Å²) in [4.78, 5) is 13.6. The molecule has 6 nitrogen and oxygen atoms in total. The molecule has 0 fully saturated rings. The van der Waals surface area contributed by atoms with Crippen LogP contribution in [0, 0.1) is 0 Å². The van der Waals surface area contributed by atoms with Crippen LogP contribution in [0.15, 0.2) is 48.5 Å². The number of alkyl halides is 2. The van der Waals surface area contributed by atoms with Gasteiger partial charge in [-0.05, 0) is 36.4 Å². The van der Waals surface area contributed by atoms with Gasteiger partial charge in [-0.25, -0.2) is 4.79 Å². The topological polar surface area (TPSA) is 60.0 Å². The van der Waals surface area contributed by atoms with Gasteiger partial charge in [-0.1, -0.05) is 12.1 Å². The minimum atomic E-state index is -2.97. The molecule has 26 heavy (non-hydrogen) atoms. The highest BCUT2D eigenvalue weighted by molar-refractivity contribution is 5.90. The van der Waals surface area contributed by atoms with Gasteiger partial charge in [-0.15, -0.1) is 0 Å². The van der Waals surface area contributed by atoms with Crippen molar-refractivity contribution >= 4 is 11.7 Å². The molecule has 8 heteroatoms. The average Bonchev–Trinajstić information content (AvgIpc) is 2.63. The van der Waals surface area contributed by atoms with Crippen molar-refractivity contribution in [1.82, 2.24) is 4.90 Å². The van der Waals surface area contributed by atoms with Crippen LogP contribution in [0.4, 0.5) is 19.3 Å². The molecule has 2 aromatic carbocycles. The van der Waals surface area contributed by atoms with Crippen LogP contribution in [0.2, 0.25) is 0 Å². The highest BCUT2D eigenvalue weighted by atomic mass is 19.3. The van der Waals surface area contributed by atoms with E-state index >= 15 is 0 Å². The lowest BCUT2D eigenvalue weighted by molar-refractivity contribution is -0.0493. The van der Waals surface area contributed by atoms with E-state index in [1.165, 1.54) is 17.0 Å². The minimum absolute atomic E-state index is 0.0984. The quantitative estimate of drug-likeness (QED) is 0.771. The number of methoxy groups -OCH3 is 1. The summed E-state index contributed by atoms with van der Waals surface area (Å²) in [6.45, 7) is -2.40. The van der Waals surface area contributed by atoms with E-state index in [0.717, 1.165) is 5.75 Å². The molecule has 0 saturated heterocycles. The molecule has 0 bridgehead atoms. The number of ether oxygens (including phenoxy) is 3. The maximum absolute atomic E-state index is 12.4. The number of hydrogen-bond acceptors (Lipinski definition) is 4. The van der Waals surface area contributed by atoms with Crippen LogP contribution in [0.5, 0.6) is 17.2 Å². The SMILES string of the molecule is COc1ccc(OCCN(C)C(=O)Nc2ccccc2OC(F)F)cc1. The Labute approximate surface area is 150 Å². The fraction of sp³-hybridized carbons (Fsp3) is 0.278. The fourth-order valence-corrected chi connectivity index (χ4v) is 2.05. The lowest BCUT2D eigenvalue weighted by Crippen LogP contribution is -2.34. The zero-order chi connectivity index (χ0) is 18.9. The number of benzene rings is 2. The number of para-hydroxylation sites is 2. The molecular formula is C18H20F2N2O4. The van der Waals surface area contributed by atoms with E-state index in [-0.39, 0.29) is 18.0 Å². The van der Waals surface area contributed by atoms with Gasteiger partial charge in [-0.3, -0.25) is 0 Å². The summed E-state index contributed by atoms with van der Waals surface area (Å²) >= 11 is 0. The Balaban J connectivity index is 1.83. The lowest BCUT2D eigenvalue weighted by Gasteiger charge is -2.19. The molecule has 0 saturated carbocycles. The first-order valence-corrected chi connectivity index (χ1v) is 7.82. The molecule has 0 aliphatic carbocycles. The summed E-state index contributed by atoms with van der Waals surface area (Å²) in [5, 5.41) is 2.54. The molecule has 0 spiro atoms. The zero-order valence-corrected chi connectivity index (χ0v) is 14.4. The zero-order valence-electron chi connectivity index (χ0n) is 14.4. The molecule has 0 aliphatic heterocycles. The molecule has 0 aromatic heterocycles. The van der Waals surface area contributed by atoms with E-state index in [2.05, 4.69) is 10.1 Å². The molecule has 0 atom stereocenters. The summed E-state index contributed by atoms with van der Waals surface area (Å²) in [5.74, 6) is 1.27. The smallest absolute Gasteiger partial charge is 0.387 e. The number of anilines is 1. The monoisotopic (exact) mass is 366 g/mol. The molecule has 2 rings (SSSR count). The van der Waals surface area contributed by atoms with Crippen molar-refractivity contribution in [1.29, 1.82) is 0 Å². The average molecular weight is 366 g/mol. The van der Waals surface area contributed by atoms with Gasteiger partial charge in [0.25, 0.3) is 0 Å². The number of urea groups is 1. The second kappa shape index (κ2) is 9.45. The molecule has 2 amide bonds. The van der Waals surface area contributed by atoms with E-state index in [9.17, 15) is 13.6 Å². The van der Waals surface area contributed by atoms with Gasteiger partial charge in [0.1, 0.15) is 23.9 Å². The van der Waals surface area contributed by atoms with Gasteiger partial charge in [0.2, 0.25) is 0 Å². The Morgan fingerprint density at radius 2 is 1.77 bits per heavy atom. The summed E-state index contributed by atoms with van der Waals surface area (Å²) < 4.78 is 39.8. The number of carbonyl (C=O) groups is 1. The van der Waals surface area contributed by atoms with E-state index in [1.807, 2.05) is 0 Å². The second-order valence-corrected chi connectivity index (χ2v) is 5.25. The van der Waals surface area contributed by atoms with Crippen LogP contribution in [0.1, 0.15) is 0 Å². The third-order valence-corrected chi connectivity index (χ3v) is 3.45. The number of carbonyl (C=O) groups excluding carboxylic acids is 1. The fourth-order valence-electron chi connectivity index (χ4n) is 2.05. The number of nitrogens with zero attached hydrogens (tertiary/aromatic N) is 1. The Bertz CT molecular complexity index is 711. The first kappa shape index (κ1) is 19.3. The van der Waals surface area contributed by atoms with Crippen molar-refractivity contribution in [3.05, 3.63) is 48.5 Å². The minimum Gasteiger partial charge on any atom is -0.497 e. The van der Waals surface area contributed by atoms with Crippen molar-refractivity contribution < 1.29 is 27.8 Å². The highest BCUT2D eigenvalue weighted by Crippen LogP contribution is 2.25. The largest absolute Gasteiger partial charge is 0.497 e.